The molecule has 0 radical (unpaired) electrons. The summed E-state index contributed by atoms with van der Waals surface area (Å²) in [7, 11) is -3.92. The van der Waals surface area contributed by atoms with Crippen LogP contribution in [0.2, 0.25) is 0 Å². The van der Waals surface area contributed by atoms with Gasteiger partial charge < -0.3 is 9.52 Å². The normalized spacial score (nSPS) is 11.7. The lowest BCUT2D eigenvalue weighted by molar-refractivity contribution is 0.245. The Labute approximate surface area is 130 Å². The van der Waals surface area contributed by atoms with Crippen molar-refractivity contribution in [3.8, 4) is 0 Å². The minimum absolute atomic E-state index is 0.0886. The van der Waals surface area contributed by atoms with E-state index in [-0.39, 0.29) is 26.6 Å². The van der Waals surface area contributed by atoms with Crippen LogP contribution in [-0.4, -0.2) is 13.5 Å². The van der Waals surface area contributed by atoms with Crippen LogP contribution in [0.15, 0.2) is 32.0 Å². The van der Waals surface area contributed by atoms with Crippen LogP contribution in [0.5, 0.6) is 0 Å². The summed E-state index contributed by atoms with van der Waals surface area (Å²) in [5.74, 6) is -0.272. The molecule has 2 N–H and O–H groups in total. The van der Waals surface area contributed by atoms with Gasteiger partial charge in [0.25, 0.3) is 10.0 Å². The molecule has 1 aromatic carbocycles. The molecule has 0 aliphatic carbocycles. The third-order valence-electron chi connectivity index (χ3n) is 2.88. The minimum Gasteiger partial charge on any atom is -0.462 e. The van der Waals surface area contributed by atoms with Crippen LogP contribution < -0.4 is 4.72 Å². The van der Waals surface area contributed by atoms with Crippen molar-refractivity contribution in [3.05, 3.63) is 45.6 Å². The maximum absolute atomic E-state index is 13.5. The quantitative estimate of drug-likeness (QED) is 0.857. The van der Waals surface area contributed by atoms with E-state index in [0.717, 1.165) is 6.07 Å². The minimum atomic E-state index is -3.92. The van der Waals surface area contributed by atoms with E-state index in [1.807, 2.05) is 0 Å². The fraction of sp³-hybridized carbons (Fsp3) is 0.231. The van der Waals surface area contributed by atoms with Crippen molar-refractivity contribution < 1.29 is 22.3 Å². The number of anilines is 1. The first-order chi connectivity index (χ1) is 9.74. The second-order valence-corrected chi connectivity index (χ2v) is 6.98. The van der Waals surface area contributed by atoms with Crippen molar-refractivity contribution in [3.63, 3.8) is 0 Å². The van der Waals surface area contributed by atoms with Crippen molar-refractivity contribution >= 4 is 31.6 Å². The molecular formula is C13H13BrFNO4S. The van der Waals surface area contributed by atoms with Gasteiger partial charge in [-0.1, -0.05) is 0 Å². The average Bonchev–Trinajstić information content (AvgIpc) is 2.78. The third-order valence-corrected chi connectivity index (χ3v) is 4.96. The average molecular weight is 378 g/mol. The number of aliphatic hydroxyl groups is 1. The molecule has 0 unspecified atom stereocenters. The molecule has 1 aromatic heterocycles. The van der Waals surface area contributed by atoms with Gasteiger partial charge in [0.15, 0.2) is 0 Å². The van der Waals surface area contributed by atoms with E-state index in [1.165, 1.54) is 19.1 Å². The number of furan rings is 1. The lowest BCUT2D eigenvalue weighted by Crippen LogP contribution is -2.14. The molecule has 0 bridgehead atoms. The van der Waals surface area contributed by atoms with E-state index in [2.05, 4.69) is 20.7 Å². The number of hydrogen-bond acceptors (Lipinski definition) is 4. The van der Waals surface area contributed by atoms with Gasteiger partial charge in [-0.05, 0) is 47.5 Å². The second-order valence-electron chi connectivity index (χ2n) is 4.48. The highest BCUT2D eigenvalue weighted by atomic mass is 79.9. The van der Waals surface area contributed by atoms with Crippen LogP contribution in [-0.2, 0) is 16.6 Å². The Hall–Kier alpha value is -1.38. The number of hydrogen-bond donors (Lipinski definition) is 2. The molecule has 2 aromatic rings. The van der Waals surface area contributed by atoms with Crippen LogP contribution in [0.3, 0.4) is 0 Å². The molecule has 0 fully saturated rings. The molecule has 5 nitrogen and oxygen atoms in total. The molecule has 8 heteroatoms. The number of halogens is 2. The zero-order chi connectivity index (χ0) is 15.8. The monoisotopic (exact) mass is 377 g/mol. The zero-order valence-corrected chi connectivity index (χ0v) is 13.7. The molecule has 0 saturated carbocycles. The first-order valence-corrected chi connectivity index (χ1v) is 8.21. The fourth-order valence-electron chi connectivity index (χ4n) is 1.82. The van der Waals surface area contributed by atoms with Crippen molar-refractivity contribution in [1.82, 2.24) is 0 Å². The Bertz CT molecular complexity index is 786. The van der Waals surface area contributed by atoms with Gasteiger partial charge in [0.2, 0.25) is 0 Å². The van der Waals surface area contributed by atoms with Crippen LogP contribution in [0.1, 0.15) is 17.1 Å². The van der Waals surface area contributed by atoms with Crippen LogP contribution in [0.25, 0.3) is 0 Å². The van der Waals surface area contributed by atoms with Gasteiger partial charge in [0.05, 0.1) is 10.2 Å². The molecule has 114 valence electrons. The summed E-state index contributed by atoms with van der Waals surface area (Å²) in [6.45, 7) is 2.73. The van der Waals surface area contributed by atoms with E-state index in [1.54, 1.807) is 6.92 Å². The van der Waals surface area contributed by atoms with Gasteiger partial charge >= 0.3 is 0 Å². The van der Waals surface area contributed by atoms with E-state index in [0.29, 0.717) is 5.56 Å². The summed E-state index contributed by atoms with van der Waals surface area (Å²) >= 11 is 3.03. The summed E-state index contributed by atoms with van der Waals surface area (Å²) in [5, 5.41) is 8.98. The highest BCUT2D eigenvalue weighted by molar-refractivity contribution is 9.10. The molecule has 2 rings (SSSR count). The van der Waals surface area contributed by atoms with Gasteiger partial charge in [-0.15, -0.1) is 0 Å². The Morgan fingerprint density at radius 2 is 2.00 bits per heavy atom. The maximum Gasteiger partial charge on any atom is 0.265 e. The number of benzene rings is 1. The zero-order valence-electron chi connectivity index (χ0n) is 11.3. The molecule has 0 amide bonds. The van der Waals surface area contributed by atoms with Crippen molar-refractivity contribution in [2.75, 3.05) is 4.72 Å². The van der Waals surface area contributed by atoms with Crippen molar-refractivity contribution in [2.45, 2.75) is 25.3 Å². The largest absolute Gasteiger partial charge is 0.462 e. The summed E-state index contributed by atoms with van der Waals surface area (Å²) in [6.07, 6.45) is 0. The number of aliphatic hydroxyl groups excluding tert-OH is 1. The van der Waals surface area contributed by atoms with Gasteiger partial charge in [0, 0.05) is 6.07 Å². The lowest BCUT2D eigenvalue weighted by Gasteiger charge is -2.10. The lowest BCUT2D eigenvalue weighted by atomic mass is 10.2. The Morgan fingerprint density at radius 3 is 2.57 bits per heavy atom. The van der Waals surface area contributed by atoms with Gasteiger partial charge in [0.1, 0.15) is 28.8 Å². The molecule has 0 aliphatic rings. The summed E-state index contributed by atoms with van der Waals surface area (Å²) in [4.78, 5) is -0.0886. The topological polar surface area (TPSA) is 79.5 Å². The van der Waals surface area contributed by atoms with Crippen molar-refractivity contribution in [2.24, 2.45) is 0 Å². The number of nitrogens with one attached hydrogen (secondary N) is 1. The molecule has 21 heavy (non-hydrogen) atoms. The third kappa shape index (κ3) is 3.28. The summed E-state index contributed by atoms with van der Waals surface area (Å²) < 4.78 is 45.9. The van der Waals surface area contributed by atoms with Gasteiger partial charge in [-0.2, -0.15) is 0 Å². The molecule has 0 atom stereocenters. The predicted octanol–water partition coefficient (Wildman–Crippen LogP) is 3.09. The number of rotatable bonds is 4. The van der Waals surface area contributed by atoms with E-state index in [9.17, 15) is 12.8 Å². The number of aryl methyl sites for hydroxylation is 2. The maximum atomic E-state index is 13.5. The fourth-order valence-corrected chi connectivity index (χ4v) is 3.61. The van der Waals surface area contributed by atoms with E-state index in [4.69, 9.17) is 9.52 Å². The Morgan fingerprint density at radius 1 is 1.33 bits per heavy atom. The molecular weight excluding hydrogens is 365 g/mol. The standard InChI is InChI=1S/C13H13BrFNO4S/c1-7-3-10(14)11(15)5-12(7)16-21(18,19)13-4-9(6-17)20-8(13)2/h3-5,16-17H,6H2,1-2H3. The molecule has 0 saturated heterocycles. The summed E-state index contributed by atoms with van der Waals surface area (Å²) in [6, 6.07) is 3.82. The van der Waals surface area contributed by atoms with Crippen LogP contribution in [0.4, 0.5) is 10.1 Å². The smallest absolute Gasteiger partial charge is 0.265 e. The first-order valence-electron chi connectivity index (χ1n) is 5.93. The SMILES string of the molecule is Cc1cc(Br)c(F)cc1NS(=O)(=O)c1cc(CO)oc1C. The highest BCUT2D eigenvalue weighted by Gasteiger charge is 2.22. The highest BCUT2D eigenvalue weighted by Crippen LogP contribution is 2.27. The van der Waals surface area contributed by atoms with Gasteiger partial charge in [-0.25, -0.2) is 12.8 Å². The van der Waals surface area contributed by atoms with Crippen LogP contribution in [0, 0.1) is 19.7 Å². The predicted molar refractivity (Wildman–Crippen MR) is 79.0 cm³/mol. The van der Waals surface area contributed by atoms with E-state index < -0.39 is 22.4 Å². The summed E-state index contributed by atoms with van der Waals surface area (Å²) in [5.41, 5.74) is 0.706. The first kappa shape index (κ1) is 16.0. The Kier molecular flexibility index (Phi) is 4.40. The van der Waals surface area contributed by atoms with Gasteiger partial charge in [-0.3, -0.25) is 4.72 Å². The molecule has 0 aliphatic heterocycles. The van der Waals surface area contributed by atoms with E-state index >= 15 is 0 Å². The van der Waals surface area contributed by atoms with Crippen molar-refractivity contribution in [1.29, 1.82) is 0 Å². The molecule has 1 heterocycles. The second kappa shape index (κ2) is 5.78. The Balaban J connectivity index is 2.42. The molecule has 0 spiro atoms. The number of sulfonamides is 1. The van der Waals surface area contributed by atoms with Crippen LogP contribution >= 0.6 is 15.9 Å².